The minimum atomic E-state index is 0.0118. The van der Waals surface area contributed by atoms with Gasteiger partial charge in [-0.15, -0.1) is 45.8 Å². The number of hydrogen-bond acceptors (Lipinski definition) is 4. The second-order valence-electron chi connectivity index (χ2n) is 4.66. The third-order valence-corrected chi connectivity index (χ3v) is 7.94. The molecule has 3 aromatic rings. The van der Waals surface area contributed by atoms with Crippen LogP contribution < -0.4 is 0 Å². The number of thiophene rings is 3. The van der Waals surface area contributed by atoms with Crippen LogP contribution in [0.15, 0.2) is 64.0 Å². The van der Waals surface area contributed by atoms with E-state index in [2.05, 4.69) is 64.0 Å². The van der Waals surface area contributed by atoms with Crippen molar-refractivity contribution in [3.8, 4) is 0 Å². The molecule has 0 radical (unpaired) electrons. The maximum absolute atomic E-state index is 2.40. The number of thioether (sulfide) groups is 1. The van der Waals surface area contributed by atoms with Gasteiger partial charge in [0.25, 0.3) is 0 Å². The van der Waals surface area contributed by atoms with Crippen LogP contribution in [-0.4, -0.2) is 0 Å². The summed E-state index contributed by atoms with van der Waals surface area (Å²) in [4.78, 5) is 4.35. The summed E-state index contributed by atoms with van der Waals surface area (Å²) in [7, 11) is 0. The van der Waals surface area contributed by atoms with Crippen molar-refractivity contribution >= 4 is 45.8 Å². The Morgan fingerprint density at radius 3 is 2.00 bits per heavy atom. The summed E-state index contributed by atoms with van der Waals surface area (Å²) in [5, 5.41) is 9.30. The van der Waals surface area contributed by atoms with Crippen LogP contribution in [0.4, 0.5) is 0 Å². The van der Waals surface area contributed by atoms with E-state index in [4.69, 9.17) is 0 Å². The van der Waals surface area contributed by atoms with Gasteiger partial charge in [-0.25, -0.2) is 0 Å². The first-order chi connectivity index (χ1) is 9.91. The van der Waals surface area contributed by atoms with Gasteiger partial charge in [0.1, 0.15) is 0 Å². The van der Waals surface area contributed by atoms with Gasteiger partial charge in [-0.2, -0.15) is 0 Å². The molecule has 1 aliphatic rings. The molecular formula is C16H12S4. The van der Waals surface area contributed by atoms with Crippen LogP contribution in [0.1, 0.15) is 19.9 Å². The van der Waals surface area contributed by atoms with Crippen LogP contribution in [0, 0.1) is 0 Å². The Bertz CT molecular complexity index is 656. The molecule has 100 valence electrons. The Balaban J connectivity index is 1.93. The highest BCUT2D eigenvalue weighted by molar-refractivity contribution is 8.02. The van der Waals surface area contributed by atoms with Crippen LogP contribution in [0.25, 0.3) is 0 Å². The average Bonchev–Trinajstić information content (AvgIpc) is 3.23. The summed E-state index contributed by atoms with van der Waals surface area (Å²) >= 11 is 7.54. The number of hydrogen-bond donors (Lipinski definition) is 0. The summed E-state index contributed by atoms with van der Waals surface area (Å²) in [5.41, 5.74) is 0.0118. The SMILES string of the molecule is C1=CC(c2cccs2)(c2cccs2)C(c2cccs2)S1. The lowest BCUT2D eigenvalue weighted by atomic mass is 9.80. The molecule has 0 bridgehead atoms. The normalized spacial score (nSPS) is 20.5. The van der Waals surface area contributed by atoms with Crippen LogP contribution in [-0.2, 0) is 5.41 Å². The molecule has 0 fully saturated rings. The van der Waals surface area contributed by atoms with Gasteiger partial charge in [-0.05, 0) is 39.7 Å². The van der Waals surface area contributed by atoms with Crippen molar-refractivity contribution in [2.24, 2.45) is 0 Å². The van der Waals surface area contributed by atoms with Crippen LogP contribution in [0.2, 0.25) is 0 Å². The standard InChI is InChI=1S/C16H12S4/c1-4-12(17-8-1)15-16(7-11-20-15,13-5-2-9-18-13)14-6-3-10-19-14/h1-11,15H. The van der Waals surface area contributed by atoms with Gasteiger partial charge < -0.3 is 0 Å². The van der Waals surface area contributed by atoms with Gasteiger partial charge in [-0.3, -0.25) is 0 Å². The summed E-state index contributed by atoms with van der Waals surface area (Å²) < 4.78 is 0. The zero-order chi connectivity index (χ0) is 13.4. The summed E-state index contributed by atoms with van der Waals surface area (Å²) in [6.45, 7) is 0. The van der Waals surface area contributed by atoms with Crippen molar-refractivity contribution in [2.75, 3.05) is 0 Å². The van der Waals surface area contributed by atoms with Crippen LogP contribution >= 0.6 is 45.8 Å². The van der Waals surface area contributed by atoms with Crippen molar-refractivity contribution in [3.63, 3.8) is 0 Å². The Kier molecular flexibility index (Phi) is 3.34. The van der Waals surface area contributed by atoms with E-state index in [9.17, 15) is 0 Å². The first-order valence-corrected chi connectivity index (χ1v) is 9.94. The molecule has 0 aromatic carbocycles. The molecule has 0 amide bonds. The zero-order valence-corrected chi connectivity index (χ0v) is 13.8. The van der Waals surface area contributed by atoms with Crippen LogP contribution in [0.3, 0.4) is 0 Å². The molecule has 20 heavy (non-hydrogen) atoms. The third-order valence-electron chi connectivity index (χ3n) is 3.62. The maximum Gasteiger partial charge on any atom is 0.0747 e. The number of allylic oxidation sites excluding steroid dienone is 1. The lowest BCUT2D eigenvalue weighted by molar-refractivity contribution is 0.669. The van der Waals surface area contributed by atoms with E-state index in [1.54, 1.807) is 0 Å². The van der Waals surface area contributed by atoms with Crippen molar-refractivity contribution in [1.82, 2.24) is 0 Å². The van der Waals surface area contributed by atoms with Gasteiger partial charge in [0.05, 0.1) is 10.7 Å². The smallest absolute Gasteiger partial charge is 0.0747 e. The predicted octanol–water partition coefficient (Wildman–Crippen LogP) is 6.16. The Labute approximate surface area is 134 Å². The van der Waals surface area contributed by atoms with E-state index in [1.807, 2.05) is 45.8 Å². The summed E-state index contributed by atoms with van der Waals surface area (Å²) in [5.74, 6) is 0. The van der Waals surface area contributed by atoms with Gasteiger partial charge in [-0.1, -0.05) is 24.3 Å². The molecule has 4 heteroatoms. The van der Waals surface area contributed by atoms with Crippen LogP contribution in [0.5, 0.6) is 0 Å². The second-order valence-corrected chi connectivity index (χ2v) is 8.55. The van der Waals surface area contributed by atoms with Gasteiger partial charge in [0.15, 0.2) is 0 Å². The zero-order valence-electron chi connectivity index (χ0n) is 10.6. The monoisotopic (exact) mass is 332 g/mol. The molecule has 0 N–H and O–H groups in total. The number of rotatable bonds is 3. The summed E-state index contributed by atoms with van der Waals surface area (Å²) in [6.07, 6.45) is 2.40. The topological polar surface area (TPSA) is 0 Å². The lowest BCUT2D eigenvalue weighted by Gasteiger charge is -2.32. The fourth-order valence-electron chi connectivity index (χ4n) is 2.72. The fourth-order valence-corrected chi connectivity index (χ4v) is 7.17. The van der Waals surface area contributed by atoms with E-state index in [0.717, 1.165) is 0 Å². The van der Waals surface area contributed by atoms with Crippen molar-refractivity contribution < 1.29 is 0 Å². The Morgan fingerprint density at radius 1 is 0.800 bits per heavy atom. The minimum absolute atomic E-state index is 0.0118. The molecule has 0 spiro atoms. The van der Waals surface area contributed by atoms with E-state index >= 15 is 0 Å². The lowest BCUT2D eigenvalue weighted by Crippen LogP contribution is -2.26. The molecule has 3 aromatic heterocycles. The van der Waals surface area contributed by atoms with E-state index in [1.165, 1.54) is 14.6 Å². The van der Waals surface area contributed by atoms with Crippen molar-refractivity contribution in [3.05, 3.63) is 78.7 Å². The van der Waals surface area contributed by atoms with Gasteiger partial charge in [0, 0.05) is 14.6 Å². The highest BCUT2D eigenvalue weighted by Gasteiger charge is 2.46. The van der Waals surface area contributed by atoms with Gasteiger partial charge >= 0.3 is 0 Å². The highest BCUT2D eigenvalue weighted by Crippen LogP contribution is 2.58. The Morgan fingerprint density at radius 2 is 1.45 bits per heavy atom. The van der Waals surface area contributed by atoms with E-state index in [0.29, 0.717) is 5.25 Å². The van der Waals surface area contributed by atoms with Crippen molar-refractivity contribution in [2.45, 2.75) is 10.7 Å². The molecular weight excluding hydrogens is 320 g/mol. The minimum Gasteiger partial charge on any atom is -0.148 e. The molecule has 4 heterocycles. The Hall–Kier alpha value is -0.810. The predicted molar refractivity (Wildman–Crippen MR) is 93.2 cm³/mol. The van der Waals surface area contributed by atoms with E-state index < -0.39 is 0 Å². The molecule has 0 aliphatic carbocycles. The van der Waals surface area contributed by atoms with Gasteiger partial charge in [0.2, 0.25) is 0 Å². The molecule has 0 saturated carbocycles. The van der Waals surface area contributed by atoms with E-state index in [-0.39, 0.29) is 5.41 Å². The summed E-state index contributed by atoms with van der Waals surface area (Å²) in [6, 6.07) is 13.3. The first kappa shape index (κ1) is 12.9. The largest absolute Gasteiger partial charge is 0.148 e. The quantitative estimate of drug-likeness (QED) is 0.553. The highest BCUT2D eigenvalue weighted by atomic mass is 32.2. The molecule has 4 rings (SSSR count). The first-order valence-electron chi connectivity index (χ1n) is 6.36. The average molecular weight is 333 g/mol. The maximum atomic E-state index is 2.40. The molecule has 1 unspecified atom stereocenters. The molecule has 1 aliphatic heterocycles. The third kappa shape index (κ3) is 1.86. The molecule has 0 nitrogen and oxygen atoms in total. The van der Waals surface area contributed by atoms with Crippen molar-refractivity contribution in [1.29, 1.82) is 0 Å². The molecule has 1 atom stereocenters. The second kappa shape index (κ2) is 5.19. The molecule has 0 saturated heterocycles. The fraction of sp³-hybridized carbons (Fsp3) is 0.125.